The molecule has 0 radical (unpaired) electrons. The maximum Gasteiger partial charge on any atom is 0.419 e. The van der Waals surface area contributed by atoms with Crippen molar-refractivity contribution in [3.8, 4) is 0 Å². The predicted octanol–water partition coefficient (Wildman–Crippen LogP) is 3.67. The van der Waals surface area contributed by atoms with E-state index in [4.69, 9.17) is 9.47 Å². The van der Waals surface area contributed by atoms with E-state index in [0.717, 1.165) is 6.07 Å². The molecule has 0 spiro atoms. The molecule has 3 nitrogen and oxygen atoms in total. The van der Waals surface area contributed by atoms with Gasteiger partial charge in [0.15, 0.2) is 0 Å². The lowest BCUT2D eigenvalue weighted by molar-refractivity contribution is -0.140. The molecule has 7 heteroatoms. The number of hydrogen-bond acceptors (Lipinski definition) is 3. The molecule has 1 aromatic rings. The number of benzene rings is 1. The van der Waals surface area contributed by atoms with Crippen molar-refractivity contribution >= 4 is 5.97 Å². The fourth-order valence-electron chi connectivity index (χ4n) is 1.47. The minimum atomic E-state index is -4.86. The first-order valence-electron chi connectivity index (χ1n) is 6.33. The lowest BCUT2D eigenvalue weighted by Gasteiger charge is -2.10. The average Bonchev–Trinajstić information content (AvgIpc) is 2.36. The molecule has 1 aromatic carbocycles. The van der Waals surface area contributed by atoms with Gasteiger partial charge in [-0.2, -0.15) is 13.2 Å². The Morgan fingerprint density at radius 1 is 1.24 bits per heavy atom. The van der Waals surface area contributed by atoms with Gasteiger partial charge in [0.25, 0.3) is 0 Å². The second-order valence-corrected chi connectivity index (χ2v) is 4.80. The Balaban J connectivity index is 2.59. The standard InChI is InChI=1S/C14H16F4O3/c1-9(2)8-20-5-6-21-13(19)10-3-4-12(15)11(7-10)14(16,17)18/h3-4,7,9H,5-6,8H2,1-2H3. The van der Waals surface area contributed by atoms with Crippen LogP contribution < -0.4 is 0 Å². The molecule has 0 amide bonds. The number of carbonyl (C=O) groups is 1. The maximum atomic E-state index is 13.1. The second kappa shape index (κ2) is 7.40. The Hall–Kier alpha value is -1.63. The molecule has 0 saturated carbocycles. The number of halogens is 4. The van der Waals surface area contributed by atoms with Crippen LogP contribution in [0.25, 0.3) is 0 Å². The molecule has 0 aliphatic heterocycles. The van der Waals surface area contributed by atoms with E-state index in [9.17, 15) is 22.4 Å². The molecule has 21 heavy (non-hydrogen) atoms. The summed E-state index contributed by atoms with van der Waals surface area (Å²) in [4.78, 5) is 11.6. The normalized spacial score (nSPS) is 11.8. The first kappa shape index (κ1) is 17.4. The van der Waals surface area contributed by atoms with E-state index >= 15 is 0 Å². The molecule has 0 heterocycles. The molecule has 0 fully saturated rings. The first-order valence-corrected chi connectivity index (χ1v) is 6.33. The summed E-state index contributed by atoms with van der Waals surface area (Å²) in [5, 5.41) is 0. The van der Waals surface area contributed by atoms with E-state index in [0.29, 0.717) is 24.7 Å². The van der Waals surface area contributed by atoms with Crippen LogP contribution in [0.2, 0.25) is 0 Å². The third kappa shape index (κ3) is 5.71. The summed E-state index contributed by atoms with van der Waals surface area (Å²) in [5.41, 5.74) is -1.85. The summed E-state index contributed by atoms with van der Waals surface area (Å²) >= 11 is 0. The molecular formula is C14H16F4O3. The van der Waals surface area contributed by atoms with Crippen molar-refractivity contribution in [1.82, 2.24) is 0 Å². The number of rotatable bonds is 6. The number of ether oxygens (including phenoxy) is 2. The Morgan fingerprint density at radius 3 is 2.48 bits per heavy atom. The summed E-state index contributed by atoms with van der Waals surface area (Å²) in [7, 11) is 0. The van der Waals surface area contributed by atoms with Crippen molar-refractivity contribution in [3.63, 3.8) is 0 Å². The number of esters is 1. The van der Waals surface area contributed by atoms with Gasteiger partial charge in [0, 0.05) is 6.61 Å². The van der Waals surface area contributed by atoms with Crippen molar-refractivity contribution in [2.24, 2.45) is 5.92 Å². The minimum absolute atomic E-state index is 0.0791. The number of carbonyl (C=O) groups excluding carboxylic acids is 1. The van der Waals surface area contributed by atoms with Crippen LogP contribution >= 0.6 is 0 Å². The van der Waals surface area contributed by atoms with Crippen LogP contribution in [0.1, 0.15) is 29.8 Å². The summed E-state index contributed by atoms with van der Waals surface area (Å²) in [6.45, 7) is 4.46. The first-order chi connectivity index (χ1) is 9.71. The molecule has 0 unspecified atom stereocenters. The lowest BCUT2D eigenvalue weighted by Crippen LogP contribution is -2.14. The quantitative estimate of drug-likeness (QED) is 0.457. The zero-order valence-electron chi connectivity index (χ0n) is 11.7. The van der Waals surface area contributed by atoms with Crippen molar-refractivity contribution in [1.29, 1.82) is 0 Å². The molecule has 0 aliphatic carbocycles. The molecule has 0 atom stereocenters. The van der Waals surface area contributed by atoms with Gasteiger partial charge in [-0.15, -0.1) is 0 Å². The highest BCUT2D eigenvalue weighted by molar-refractivity contribution is 5.89. The molecular weight excluding hydrogens is 292 g/mol. The van der Waals surface area contributed by atoms with Crippen LogP contribution in [0.5, 0.6) is 0 Å². The van der Waals surface area contributed by atoms with E-state index in [1.807, 2.05) is 13.8 Å². The second-order valence-electron chi connectivity index (χ2n) is 4.80. The minimum Gasteiger partial charge on any atom is -0.460 e. The van der Waals surface area contributed by atoms with Crippen molar-refractivity contribution in [3.05, 3.63) is 35.1 Å². The van der Waals surface area contributed by atoms with Gasteiger partial charge in [-0.05, 0) is 24.1 Å². The molecule has 1 rings (SSSR count). The smallest absolute Gasteiger partial charge is 0.419 e. The molecule has 118 valence electrons. The summed E-state index contributed by atoms with van der Waals surface area (Å²) in [6, 6.07) is 1.98. The van der Waals surface area contributed by atoms with Crippen molar-refractivity contribution in [2.75, 3.05) is 19.8 Å². The van der Waals surface area contributed by atoms with Crippen LogP contribution in [0, 0.1) is 11.7 Å². The SMILES string of the molecule is CC(C)COCCOC(=O)c1ccc(F)c(C(F)(F)F)c1. The Labute approximate surface area is 119 Å². The molecule has 0 aliphatic rings. The van der Waals surface area contributed by atoms with Gasteiger partial charge in [0.2, 0.25) is 0 Å². The Morgan fingerprint density at radius 2 is 1.90 bits per heavy atom. The fourth-order valence-corrected chi connectivity index (χ4v) is 1.47. The van der Waals surface area contributed by atoms with Crippen LogP contribution in [0.15, 0.2) is 18.2 Å². The van der Waals surface area contributed by atoms with Crippen LogP contribution in [0.3, 0.4) is 0 Å². The van der Waals surface area contributed by atoms with E-state index in [1.54, 1.807) is 0 Å². The van der Waals surface area contributed by atoms with Crippen molar-refractivity contribution in [2.45, 2.75) is 20.0 Å². The van der Waals surface area contributed by atoms with Gasteiger partial charge >= 0.3 is 12.1 Å². The highest BCUT2D eigenvalue weighted by Crippen LogP contribution is 2.31. The van der Waals surface area contributed by atoms with Crippen LogP contribution in [-0.4, -0.2) is 25.8 Å². The van der Waals surface area contributed by atoms with Gasteiger partial charge in [0.05, 0.1) is 17.7 Å². The zero-order valence-corrected chi connectivity index (χ0v) is 11.7. The van der Waals surface area contributed by atoms with Gasteiger partial charge in [0.1, 0.15) is 12.4 Å². The molecule has 0 N–H and O–H groups in total. The molecule has 0 saturated heterocycles. The Kier molecular flexibility index (Phi) is 6.14. The van der Waals surface area contributed by atoms with E-state index in [1.165, 1.54) is 0 Å². The fraction of sp³-hybridized carbons (Fsp3) is 0.500. The third-order valence-corrected chi connectivity index (χ3v) is 2.42. The van der Waals surface area contributed by atoms with Gasteiger partial charge in [-0.1, -0.05) is 13.8 Å². The van der Waals surface area contributed by atoms with Gasteiger partial charge in [-0.3, -0.25) is 0 Å². The number of alkyl halides is 3. The zero-order chi connectivity index (χ0) is 16.0. The number of hydrogen-bond donors (Lipinski definition) is 0. The highest BCUT2D eigenvalue weighted by atomic mass is 19.4. The summed E-state index contributed by atoms with van der Waals surface area (Å²) in [5.74, 6) is -2.06. The lowest BCUT2D eigenvalue weighted by atomic mass is 10.1. The highest BCUT2D eigenvalue weighted by Gasteiger charge is 2.34. The maximum absolute atomic E-state index is 13.1. The molecule has 0 bridgehead atoms. The van der Waals surface area contributed by atoms with E-state index < -0.39 is 23.5 Å². The topological polar surface area (TPSA) is 35.5 Å². The largest absolute Gasteiger partial charge is 0.460 e. The average molecular weight is 308 g/mol. The van der Waals surface area contributed by atoms with Gasteiger partial charge in [-0.25, -0.2) is 9.18 Å². The van der Waals surface area contributed by atoms with Crippen LogP contribution in [-0.2, 0) is 15.7 Å². The van der Waals surface area contributed by atoms with Crippen LogP contribution in [0.4, 0.5) is 17.6 Å². The summed E-state index contributed by atoms with van der Waals surface area (Å²) < 4.78 is 60.5. The third-order valence-electron chi connectivity index (χ3n) is 2.42. The van der Waals surface area contributed by atoms with E-state index in [2.05, 4.69) is 0 Å². The molecule has 0 aromatic heterocycles. The van der Waals surface area contributed by atoms with Crippen molar-refractivity contribution < 1.29 is 31.8 Å². The van der Waals surface area contributed by atoms with E-state index in [-0.39, 0.29) is 18.8 Å². The Bertz CT molecular complexity index is 484. The van der Waals surface area contributed by atoms with Gasteiger partial charge < -0.3 is 9.47 Å². The predicted molar refractivity (Wildman–Crippen MR) is 67.3 cm³/mol. The summed E-state index contributed by atoms with van der Waals surface area (Å²) in [6.07, 6.45) is -4.86. The monoisotopic (exact) mass is 308 g/mol.